The first kappa shape index (κ1) is 20.9. The lowest BCUT2D eigenvalue weighted by atomic mass is 10.2. The van der Waals surface area contributed by atoms with Gasteiger partial charge in [-0.05, 0) is 31.2 Å². The Morgan fingerprint density at radius 2 is 1.70 bits per heavy atom. The van der Waals surface area contributed by atoms with Crippen molar-refractivity contribution < 1.29 is 27.1 Å². The Morgan fingerprint density at radius 3 is 2.26 bits per heavy atom. The molecule has 2 aromatic rings. The Balaban J connectivity index is 2.17. The second kappa shape index (κ2) is 8.55. The zero-order valence-corrected chi connectivity index (χ0v) is 16.3. The number of amides is 1. The third-order valence-electron chi connectivity index (χ3n) is 3.58. The maximum Gasteiger partial charge on any atom is 0.242 e. The van der Waals surface area contributed by atoms with E-state index in [0.29, 0.717) is 5.75 Å². The third-order valence-corrected chi connectivity index (χ3v) is 5.43. The number of carbonyl (C=O) groups excluding carboxylic acids is 1. The zero-order chi connectivity index (χ0) is 20.2. The van der Waals surface area contributed by atoms with Crippen LogP contribution in [-0.2, 0) is 14.8 Å². The molecule has 0 spiro atoms. The van der Waals surface area contributed by atoms with E-state index in [4.69, 9.17) is 21.1 Å². The summed E-state index contributed by atoms with van der Waals surface area (Å²) in [5.41, 5.74) is 0.261. The smallest absolute Gasteiger partial charge is 0.242 e. The van der Waals surface area contributed by atoms with Gasteiger partial charge in [-0.3, -0.25) is 4.79 Å². The third kappa shape index (κ3) is 5.09. The average Bonchev–Trinajstić information content (AvgIpc) is 2.62. The van der Waals surface area contributed by atoms with Gasteiger partial charge in [-0.25, -0.2) is 12.8 Å². The summed E-state index contributed by atoms with van der Waals surface area (Å²) in [5, 5.41) is 2.85. The number of methoxy groups -OCH3 is 2. The van der Waals surface area contributed by atoms with E-state index in [1.807, 2.05) is 0 Å². The zero-order valence-electron chi connectivity index (χ0n) is 14.7. The number of ether oxygens (including phenoxy) is 2. The highest BCUT2D eigenvalue weighted by Crippen LogP contribution is 2.35. The number of nitrogens with one attached hydrogen (secondary N) is 2. The predicted molar refractivity (Wildman–Crippen MR) is 99.4 cm³/mol. The summed E-state index contributed by atoms with van der Waals surface area (Å²) in [6.45, 7) is 1.37. The fourth-order valence-electron chi connectivity index (χ4n) is 2.17. The molecule has 2 aromatic carbocycles. The van der Waals surface area contributed by atoms with Crippen LogP contribution in [0.3, 0.4) is 0 Å². The summed E-state index contributed by atoms with van der Waals surface area (Å²) in [6, 6.07) is 6.05. The lowest BCUT2D eigenvalue weighted by Gasteiger charge is -2.17. The molecule has 0 saturated heterocycles. The van der Waals surface area contributed by atoms with Crippen LogP contribution in [0.25, 0.3) is 0 Å². The summed E-state index contributed by atoms with van der Waals surface area (Å²) in [5.74, 6) is -0.609. The molecule has 2 rings (SSSR count). The van der Waals surface area contributed by atoms with Gasteiger partial charge in [-0.2, -0.15) is 4.72 Å². The van der Waals surface area contributed by atoms with E-state index >= 15 is 0 Å². The van der Waals surface area contributed by atoms with Gasteiger partial charge in [-0.1, -0.05) is 11.6 Å². The van der Waals surface area contributed by atoms with E-state index < -0.39 is 27.8 Å². The summed E-state index contributed by atoms with van der Waals surface area (Å²) in [4.78, 5) is 12.2. The second-order valence-electron chi connectivity index (χ2n) is 5.47. The molecular formula is C17H18ClFN2O5S. The average molecular weight is 417 g/mol. The van der Waals surface area contributed by atoms with E-state index in [1.165, 1.54) is 33.3 Å². The number of hydrogen-bond acceptors (Lipinski definition) is 5. The van der Waals surface area contributed by atoms with Crippen LogP contribution in [0.1, 0.15) is 6.92 Å². The minimum Gasteiger partial charge on any atom is -0.495 e. The quantitative estimate of drug-likeness (QED) is 0.723. The molecule has 2 N–H and O–H groups in total. The Hall–Kier alpha value is -2.36. The van der Waals surface area contributed by atoms with Crippen LogP contribution in [0, 0.1) is 5.82 Å². The largest absolute Gasteiger partial charge is 0.495 e. The van der Waals surface area contributed by atoms with Crippen LogP contribution in [0.5, 0.6) is 11.5 Å². The molecule has 146 valence electrons. The predicted octanol–water partition coefficient (Wildman–Crippen LogP) is 2.80. The van der Waals surface area contributed by atoms with E-state index in [-0.39, 0.29) is 21.4 Å². The van der Waals surface area contributed by atoms with Crippen molar-refractivity contribution >= 4 is 33.2 Å². The van der Waals surface area contributed by atoms with E-state index in [0.717, 1.165) is 24.3 Å². The van der Waals surface area contributed by atoms with Gasteiger partial charge in [-0.15, -0.1) is 0 Å². The van der Waals surface area contributed by atoms with Gasteiger partial charge in [0.1, 0.15) is 17.3 Å². The standard InChI is InChI=1S/C17H18ClFN2O5S/c1-10(21-27(23,24)12-6-4-11(19)5-7-12)17(22)20-14-9-15(25-2)13(18)8-16(14)26-3/h4-10,21H,1-3H3,(H,20,22)/t10-/m0/s1. The molecule has 0 unspecified atom stereocenters. The van der Waals surface area contributed by atoms with Gasteiger partial charge >= 0.3 is 0 Å². The molecule has 0 aliphatic heterocycles. The van der Waals surface area contributed by atoms with E-state index in [1.54, 1.807) is 0 Å². The van der Waals surface area contributed by atoms with Crippen molar-refractivity contribution in [2.75, 3.05) is 19.5 Å². The van der Waals surface area contributed by atoms with Crippen molar-refractivity contribution in [3.8, 4) is 11.5 Å². The summed E-state index contributed by atoms with van der Waals surface area (Å²) in [7, 11) is -1.19. The SMILES string of the molecule is COc1cc(NC(=O)[C@H](C)NS(=O)(=O)c2ccc(F)cc2)c(OC)cc1Cl. The highest BCUT2D eigenvalue weighted by molar-refractivity contribution is 7.89. The number of hydrogen-bond donors (Lipinski definition) is 2. The maximum atomic E-state index is 13.0. The molecule has 0 aliphatic rings. The van der Waals surface area contributed by atoms with Gasteiger partial charge in [0.25, 0.3) is 0 Å². The highest BCUT2D eigenvalue weighted by atomic mass is 35.5. The van der Waals surface area contributed by atoms with Crippen LogP contribution < -0.4 is 19.5 Å². The van der Waals surface area contributed by atoms with Crippen molar-refractivity contribution in [1.29, 1.82) is 0 Å². The minimum atomic E-state index is -4.00. The lowest BCUT2D eigenvalue weighted by molar-refractivity contribution is -0.117. The normalized spacial score (nSPS) is 12.3. The molecule has 10 heteroatoms. The van der Waals surface area contributed by atoms with Crippen molar-refractivity contribution in [2.24, 2.45) is 0 Å². The fraction of sp³-hybridized carbons (Fsp3) is 0.235. The number of sulfonamides is 1. The van der Waals surface area contributed by atoms with Crippen molar-refractivity contribution in [2.45, 2.75) is 17.9 Å². The van der Waals surface area contributed by atoms with Crippen molar-refractivity contribution in [1.82, 2.24) is 4.72 Å². The van der Waals surface area contributed by atoms with Gasteiger partial charge < -0.3 is 14.8 Å². The number of halogens is 2. The molecule has 0 fully saturated rings. The molecule has 1 amide bonds. The Morgan fingerprint density at radius 1 is 1.11 bits per heavy atom. The fourth-order valence-corrected chi connectivity index (χ4v) is 3.60. The molecule has 0 bridgehead atoms. The van der Waals surface area contributed by atoms with Crippen LogP contribution >= 0.6 is 11.6 Å². The van der Waals surface area contributed by atoms with Gasteiger partial charge in [0.15, 0.2) is 0 Å². The molecule has 0 radical (unpaired) electrons. The Bertz CT molecular complexity index is 935. The molecule has 27 heavy (non-hydrogen) atoms. The number of rotatable bonds is 7. The number of benzene rings is 2. The van der Waals surface area contributed by atoms with E-state index in [2.05, 4.69) is 10.0 Å². The summed E-state index contributed by atoms with van der Waals surface area (Å²) < 4.78 is 50.0. The van der Waals surface area contributed by atoms with Gasteiger partial charge in [0.05, 0.1) is 35.9 Å². The van der Waals surface area contributed by atoms with Crippen LogP contribution in [0.2, 0.25) is 5.02 Å². The molecule has 7 nitrogen and oxygen atoms in total. The maximum absolute atomic E-state index is 13.0. The Labute approximate surface area is 161 Å². The van der Waals surface area contributed by atoms with Crippen LogP contribution in [0.15, 0.2) is 41.3 Å². The first-order valence-electron chi connectivity index (χ1n) is 7.68. The number of anilines is 1. The molecular weight excluding hydrogens is 399 g/mol. The first-order valence-corrected chi connectivity index (χ1v) is 9.54. The van der Waals surface area contributed by atoms with Crippen molar-refractivity contribution in [3.05, 3.63) is 47.2 Å². The highest BCUT2D eigenvalue weighted by Gasteiger charge is 2.23. The van der Waals surface area contributed by atoms with E-state index in [9.17, 15) is 17.6 Å². The Kier molecular flexibility index (Phi) is 6.63. The molecule has 0 heterocycles. The van der Waals surface area contributed by atoms with Gasteiger partial charge in [0.2, 0.25) is 15.9 Å². The topological polar surface area (TPSA) is 93.7 Å². The second-order valence-corrected chi connectivity index (χ2v) is 7.59. The molecule has 0 aromatic heterocycles. The first-order chi connectivity index (χ1) is 12.7. The van der Waals surface area contributed by atoms with Crippen LogP contribution in [-0.4, -0.2) is 34.6 Å². The summed E-state index contributed by atoms with van der Waals surface area (Å²) >= 11 is 6.01. The summed E-state index contributed by atoms with van der Waals surface area (Å²) in [6.07, 6.45) is 0. The molecule has 1 atom stereocenters. The lowest BCUT2D eigenvalue weighted by Crippen LogP contribution is -2.41. The van der Waals surface area contributed by atoms with Gasteiger partial charge in [0, 0.05) is 12.1 Å². The van der Waals surface area contributed by atoms with Crippen molar-refractivity contribution in [3.63, 3.8) is 0 Å². The number of carbonyl (C=O) groups is 1. The molecule has 0 saturated carbocycles. The van der Waals surface area contributed by atoms with Crippen LogP contribution in [0.4, 0.5) is 10.1 Å². The molecule has 0 aliphatic carbocycles. The minimum absolute atomic E-state index is 0.158. The monoisotopic (exact) mass is 416 g/mol.